The Morgan fingerprint density at radius 1 is 0.571 bits per heavy atom. The van der Waals surface area contributed by atoms with Gasteiger partial charge in [0.15, 0.2) is 0 Å². The zero-order valence-corrected chi connectivity index (χ0v) is 21.8. The van der Waals surface area contributed by atoms with E-state index in [1.165, 1.54) is 60.5 Å². The van der Waals surface area contributed by atoms with Crippen LogP contribution >= 0.6 is 0 Å². The van der Waals surface area contributed by atoms with E-state index in [2.05, 4.69) is 101 Å². The molecule has 0 amide bonds. The first-order valence-electron chi connectivity index (χ1n) is 13.2. The van der Waals surface area contributed by atoms with Crippen LogP contribution in [0.15, 0.2) is 110 Å². The van der Waals surface area contributed by atoms with Gasteiger partial charge >= 0.3 is 0 Å². The summed E-state index contributed by atoms with van der Waals surface area (Å²) in [6.45, 7) is 1.89. The number of aryl methyl sites for hydroxylation is 1. The van der Waals surface area contributed by atoms with Gasteiger partial charge in [-0.3, -0.25) is 0 Å². The molecular formula is C31H38N2OSi. The number of nitrogens with zero attached hydrogens (tertiary/aromatic N) is 2. The van der Waals surface area contributed by atoms with Crippen molar-refractivity contribution in [1.29, 1.82) is 0 Å². The van der Waals surface area contributed by atoms with E-state index in [0.717, 1.165) is 19.6 Å². The molecule has 182 valence electrons. The van der Waals surface area contributed by atoms with Crippen molar-refractivity contribution in [3.05, 3.63) is 110 Å². The normalized spacial score (nSPS) is 11.5. The summed E-state index contributed by atoms with van der Waals surface area (Å²) >= 11 is 0. The van der Waals surface area contributed by atoms with Gasteiger partial charge < -0.3 is 8.99 Å². The lowest BCUT2D eigenvalue weighted by Crippen LogP contribution is -2.69. The standard InChI is InChI=1S/C31H38N2OSi/c1(3-5-16-25-33-26-24-32-28-33)2-4-6-17-27-34-35(29-18-10-7-11-19-29,30-20-12-8-13-21-30)31-22-14-9-15-23-31/h7-15,18-24,26,28H,1-6,16-17,25,27H2. The van der Waals surface area contributed by atoms with Crippen molar-refractivity contribution in [2.24, 2.45) is 0 Å². The van der Waals surface area contributed by atoms with Gasteiger partial charge in [0.25, 0.3) is 8.32 Å². The second-order valence-electron chi connectivity index (χ2n) is 9.26. The van der Waals surface area contributed by atoms with Crippen molar-refractivity contribution in [2.45, 2.75) is 57.9 Å². The minimum Gasteiger partial charge on any atom is -0.404 e. The fraction of sp³-hybridized carbons (Fsp3) is 0.323. The highest BCUT2D eigenvalue weighted by molar-refractivity contribution is 7.07. The van der Waals surface area contributed by atoms with Crippen molar-refractivity contribution >= 4 is 23.9 Å². The summed E-state index contributed by atoms with van der Waals surface area (Å²) in [5.74, 6) is 0. The van der Waals surface area contributed by atoms with Crippen molar-refractivity contribution in [2.75, 3.05) is 6.61 Å². The van der Waals surface area contributed by atoms with Crippen molar-refractivity contribution in [3.63, 3.8) is 0 Å². The third-order valence-electron chi connectivity index (χ3n) is 6.73. The third kappa shape index (κ3) is 7.03. The fourth-order valence-corrected chi connectivity index (χ4v) is 8.81. The van der Waals surface area contributed by atoms with Crippen LogP contribution in [-0.4, -0.2) is 24.5 Å². The maximum absolute atomic E-state index is 7.01. The van der Waals surface area contributed by atoms with Gasteiger partial charge in [-0.2, -0.15) is 0 Å². The first kappa shape index (κ1) is 25.1. The highest BCUT2D eigenvalue weighted by atomic mass is 28.4. The van der Waals surface area contributed by atoms with E-state index in [1.54, 1.807) is 0 Å². The number of aromatic nitrogens is 2. The summed E-state index contributed by atoms with van der Waals surface area (Å²) in [7, 11) is -2.54. The van der Waals surface area contributed by atoms with Gasteiger partial charge in [0.05, 0.1) is 6.33 Å². The van der Waals surface area contributed by atoms with Gasteiger partial charge in [-0.05, 0) is 28.4 Å². The van der Waals surface area contributed by atoms with Crippen LogP contribution in [0, 0.1) is 0 Å². The van der Waals surface area contributed by atoms with E-state index in [0.29, 0.717) is 0 Å². The Kier molecular flexibility index (Phi) is 9.93. The molecule has 1 aromatic heterocycles. The van der Waals surface area contributed by atoms with E-state index >= 15 is 0 Å². The molecule has 0 aliphatic carbocycles. The molecule has 0 aliphatic heterocycles. The third-order valence-corrected chi connectivity index (χ3v) is 10.8. The van der Waals surface area contributed by atoms with E-state index < -0.39 is 8.32 Å². The SMILES string of the molecule is c1ccc([Si](OCCCCCCCCCCn2ccnc2)(c2ccccc2)c2ccccc2)cc1. The van der Waals surface area contributed by atoms with Crippen molar-refractivity contribution in [3.8, 4) is 0 Å². The molecule has 4 heteroatoms. The summed E-state index contributed by atoms with van der Waals surface area (Å²) in [4.78, 5) is 4.11. The molecule has 3 aromatic carbocycles. The Balaban J connectivity index is 1.29. The molecule has 0 radical (unpaired) electrons. The summed E-state index contributed by atoms with van der Waals surface area (Å²) in [5, 5.41) is 3.94. The first-order valence-corrected chi connectivity index (χ1v) is 15.1. The molecule has 0 spiro atoms. The van der Waals surface area contributed by atoms with Gasteiger partial charge in [-0.25, -0.2) is 4.98 Å². The van der Waals surface area contributed by atoms with E-state index in [9.17, 15) is 0 Å². The second-order valence-corrected chi connectivity index (χ2v) is 12.6. The zero-order valence-electron chi connectivity index (χ0n) is 20.8. The Morgan fingerprint density at radius 2 is 1.03 bits per heavy atom. The number of hydrogen-bond donors (Lipinski definition) is 0. The summed E-state index contributed by atoms with van der Waals surface area (Å²) < 4.78 is 9.18. The quantitative estimate of drug-likeness (QED) is 0.124. The number of hydrogen-bond acceptors (Lipinski definition) is 2. The molecule has 4 aromatic rings. The summed E-state index contributed by atoms with van der Waals surface area (Å²) in [6.07, 6.45) is 16.0. The molecule has 0 unspecified atom stereocenters. The van der Waals surface area contributed by atoms with Crippen LogP contribution in [0.25, 0.3) is 0 Å². The lowest BCUT2D eigenvalue weighted by molar-refractivity contribution is 0.309. The lowest BCUT2D eigenvalue weighted by atomic mass is 10.1. The second kappa shape index (κ2) is 13.8. The summed E-state index contributed by atoms with van der Waals surface area (Å²) in [6, 6.07) is 32.6. The molecule has 0 saturated heterocycles. The predicted octanol–water partition coefficient (Wildman–Crippen LogP) is 5.69. The van der Waals surface area contributed by atoms with Gasteiger partial charge in [-0.1, -0.05) is 130 Å². The maximum atomic E-state index is 7.01. The number of rotatable bonds is 15. The van der Waals surface area contributed by atoms with Crippen LogP contribution in [0.4, 0.5) is 0 Å². The fourth-order valence-electron chi connectivity index (χ4n) is 4.87. The minimum absolute atomic E-state index is 0.801. The highest BCUT2D eigenvalue weighted by Gasteiger charge is 2.41. The number of imidazole rings is 1. The molecule has 0 N–H and O–H groups in total. The van der Waals surface area contributed by atoms with Crippen LogP contribution in [0.3, 0.4) is 0 Å². The van der Waals surface area contributed by atoms with E-state index in [4.69, 9.17) is 4.43 Å². The van der Waals surface area contributed by atoms with Gasteiger partial charge in [0.1, 0.15) is 0 Å². The van der Waals surface area contributed by atoms with E-state index in [-0.39, 0.29) is 0 Å². The lowest BCUT2D eigenvalue weighted by Gasteiger charge is -2.33. The molecule has 0 saturated carbocycles. The Morgan fingerprint density at radius 3 is 1.49 bits per heavy atom. The van der Waals surface area contributed by atoms with Crippen molar-refractivity contribution in [1.82, 2.24) is 9.55 Å². The molecule has 0 aliphatic rings. The largest absolute Gasteiger partial charge is 0.404 e. The topological polar surface area (TPSA) is 27.1 Å². The summed E-state index contributed by atoms with van der Waals surface area (Å²) in [5.41, 5.74) is 0. The van der Waals surface area contributed by atoms with Gasteiger partial charge in [-0.15, -0.1) is 0 Å². The predicted molar refractivity (Wildman–Crippen MR) is 149 cm³/mol. The molecule has 3 nitrogen and oxygen atoms in total. The highest BCUT2D eigenvalue weighted by Crippen LogP contribution is 2.13. The monoisotopic (exact) mass is 482 g/mol. The first-order chi connectivity index (χ1) is 17.4. The van der Waals surface area contributed by atoms with E-state index in [1.807, 2.05) is 18.7 Å². The maximum Gasteiger partial charge on any atom is 0.288 e. The molecule has 35 heavy (non-hydrogen) atoms. The van der Waals surface area contributed by atoms with Crippen LogP contribution in [0.1, 0.15) is 51.4 Å². The molecular weight excluding hydrogens is 444 g/mol. The molecule has 4 rings (SSSR count). The van der Waals surface area contributed by atoms with Crippen LogP contribution in [0.2, 0.25) is 0 Å². The Labute approximate surface area is 212 Å². The number of unbranched alkanes of at least 4 members (excludes halogenated alkanes) is 7. The van der Waals surface area contributed by atoms with Crippen LogP contribution < -0.4 is 15.6 Å². The van der Waals surface area contributed by atoms with Gasteiger partial charge in [0, 0.05) is 25.5 Å². The molecule has 0 bridgehead atoms. The van der Waals surface area contributed by atoms with Gasteiger partial charge in [0.2, 0.25) is 0 Å². The average molecular weight is 483 g/mol. The molecule has 0 fully saturated rings. The van der Waals surface area contributed by atoms with Crippen molar-refractivity contribution < 1.29 is 4.43 Å². The Hall–Kier alpha value is -2.95. The Bertz CT molecular complexity index is 972. The van der Waals surface area contributed by atoms with Crippen LogP contribution in [0.5, 0.6) is 0 Å². The smallest absolute Gasteiger partial charge is 0.288 e. The van der Waals surface area contributed by atoms with Crippen LogP contribution in [-0.2, 0) is 11.0 Å². The zero-order chi connectivity index (χ0) is 24.0. The minimum atomic E-state index is -2.54. The molecule has 0 atom stereocenters. The molecule has 1 heterocycles. The number of benzene rings is 3. The average Bonchev–Trinajstić information content (AvgIpc) is 3.45.